The molecule has 1 aliphatic rings. The van der Waals surface area contributed by atoms with Gasteiger partial charge in [0.05, 0.1) is 11.5 Å². The molecule has 0 bridgehead atoms. The molecule has 0 saturated carbocycles. The third-order valence-corrected chi connectivity index (χ3v) is 4.81. The van der Waals surface area contributed by atoms with Crippen molar-refractivity contribution in [2.45, 2.75) is 30.7 Å². The minimum Gasteiger partial charge on any atom is -0.384 e. The molecule has 1 aliphatic heterocycles. The first-order valence-corrected chi connectivity index (χ1v) is 8.32. The molecule has 1 fully saturated rings. The van der Waals surface area contributed by atoms with Crippen LogP contribution in [-0.4, -0.2) is 39.4 Å². The Morgan fingerprint density at radius 2 is 2.29 bits per heavy atom. The van der Waals surface area contributed by atoms with E-state index in [2.05, 4.69) is 16.6 Å². The number of aryl methyl sites for hydroxylation is 1. The van der Waals surface area contributed by atoms with Crippen molar-refractivity contribution in [3.63, 3.8) is 0 Å². The zero-order valence-corrected chi connectivity index (χ0v) is 12.7. The summed E-state index contributed by atoms with van der Waals surface area (Å²) in [6.07, 6.45) is 1.65. The minimum absolute atomic E-state index is 0.169. The number of benzene rings is 1. The highest BCUT2D eigenvalue weighted by atomic mass is 32.2. The summed E-state index contributed by atoms with van der Waals surface area (Å²) in [5, 5.41) is 8.69. The first kappa shape index (κ1) is 16.0. The van der Waals surface area contributed by atoms with Gasteiger partial charge in [0.25, 0.3) is 0 Å². The fraction of sp³-hybridized carbons (Fsp3) is 0.467. The lowest BCUT2D eigenvalue weighted by Gasteiger charge is -2.23. The van der Waals surface area contributed by atoms with Gasteiger partial charge in [0.1, 0.15) is 6.61 Å². The quantitative estimate of drug-likeness (QED) is 0.810. The lowest BCUT2D eigenvalue weighted by atomic mass is 10.1. The van der Waals surface area contributed by atoms with E-state index in [1.54, 1.807) is 19.1 Å². The third kappa shape index (κ3) is 4.29. The van der Waals surface area contributed by atoms with Crippen LogP contribution >= 0.6 is 0 Å². The predicted molar refractivity (Wildman–Crippen MR) is 79.3 cm³/mol. The normalized spacial score (nSPS) is 18.9. The summed E-state index contributed by atoms with van der Waals surface area (Å²) in [5.74, 6) is 5.34. The van der Waals surface area contributed by atoms with Crippen LogP contribution in [0.4, 0.5) is 0 Å². The van der Waals surface area contributed by atoms with Crippen molar-refractivity contribution in [1.82, 2.24) is 4.72 Å². The van der Waals surface area contributed by atoms with Crippen LogP contribution in [-0.2, 0) is 14.8 Å². The van der Waals surface area contributed by atoms with Crippen LogP contribution in [0.5, 0.6) is 0 Å². The fourth-order valence-electron chi connectivity index (χ4n) is 2.20. The van der Waals surface area contributed by atoms with Crippen LogP contribution in [0.25, 0.3) is 0 Å². The van der Waals surface area contributed by atoms with E-state index in [1.807, 2.05) is 0 Å². The van der Waals surface area contributed by atoms with Crippen LogP contribution in [0, 0.1) is 18.8 Å². The van der Waals surface area contributed by atoms with E-state index in [4.69, 9.17) is 9.84 Å². The molecule has 1 aromatic rings. The maximum absolute atomic E-state index is 12.3. The Morgan fingerprint density at radius 3 is 2.90 bits per heavy atom. The summed E-state index contributed by atoms with van der Waals surface area (Å²) in [7, 11) is -3.55. The minimum atomic E-state index is -3.55. The zero-order chi connectivity index (χ0) is 15.3. The van der Waals surface area contributed by atoms with Crippen molar-refractivity contribution in [2.24, 2.45) is 0 Å². The van der Waals surface area contributed by atoms with Crippen LogP contribution in [0.2, 0.25) is 0 Å². The van der Waals surface area contributed by atoms with Crippen molar-refractivity contribution in [1.29, 1.82) is 0 Å². The van der Waals surface area contributed by atoms with Crippen LogP contribution in [0.15, 0.2) is 23.1 Å². The van der Waals surface area contributed by atoms with E-state index in [-0.39, 0.29) is 17.5 Å². The van der Waals surface area contributed by atoms with E-state index in [0.29, 0.717) is 18.8 Å². The first-order chi connectivity index (χ1) is 10.0. The molecule has 114 valence electrons. The van der Waals surface area contributed by atoms with Gasteiger partial charge in [0, 0.05) is 18.2 Å². The molecule has 1 atom stereocenters. The Bertz CT molecular complexity index is 652. The molecule has 0 radical (unpaired) electrons. The molecule has 1 unspecified atom stereocenters. The average molecular weight is 309 g/mol. The maximum atomic E-state index is 12.3. The van der Waals surface area contributed by atoms with Gasteiger partial charge in [-0.15, -0.1) is 0 Å². The van der Waals surface area contributed by atoms with Crippen molar-refractivity contribution in [3.8, 4) is 11.8 Å². The van der Waals surface area contributed by atoms with E-state index >= 15 is 0 Å². The van der Waals surface area contributed by atoms with Crippen molar-refractivity contribution < 1.29 is 18.3 Å². The third-order valence-electron chi connectivity index (χ3n) is 3.29. The smallest absolute Gasteiger partial charge is 0.240 e. The average Bonchev–Trinajstić information content (AvgIpc) is 2.46. The molecule has 0 spiro atoms. The molecule has 6 heteroatoms. The Kier molecular flexibility index (Phi) is 5.37. The number of aliphatic hydroxyl groups is 1. The summed E-state index contributed by atoms with van der Waals surface area (Å²) in [5.41, 5.74) is 1.47. The topological polar surface area (TPSA) is 75.6 Å². The Labute approximate surface area is 125 Å². The standard InChI is InChI=1S/C15H19NO4S/c1-12-10-15(7-6-13(12)4-2-8-17)21(18,19)16-14-5-3-9-20-11-14/h6-7,10,14,16-17H,3,5,8-9,11H2,1H3. The molecule has 2 N–H and O–H groups in total. The summed E-state index contributed by atoms with van der Waals surface area (Å²) in [6.45, 7) is 2.68. The highest BCUT2D eigenvalue weighted by Gasteiger charge is 2.22. The van der Waals surface area contributed by atoms with E-state index < -0.39 is 10.0 Å². The molecule has 2 rings (SSSR count). The van der Waals surface area contributed by atoms with Gasteiger partial charge in [-0.1, -0.05) is 11.8 Å². The molecule has 0 amide bonds. The van der Waals surface area contributed by atoms with Gasteiger partial charge >= 0.3 is 0 Å². The molecule has 1 aromatic carbocycles. The van der Waals surface area contributed by atoms with Gasteiger partial charge < -0.3 is 9.84 Å². The summed E-state index contributed by atoms with van der Waals surface area (Å²) in [6, 6.07) is 4.61. The van der Waals surface area contributed by atoms with Crippen LogP contribution < -0.4 is 4.72 Å². The van der Waals surface area contributed by atoms with Gasteiger partial charge in [0.2, 0.25) is 10.0 Å². The number of ether oxygens (including phenoxy) is 1. The zero-order valence-electron chi connectivity index (χ0n) is 11.9. The Hall–Kier alpha value is -1.39. The van der Waals surface area contributed by atoms with E-state index in [1.165, 1.54) is 6.07 Å². The van der Waals surface area contributed by atoms with Crippen LogP contribution in [0.3, 0.4) is 0 Å². The molecule has 5 nitrogen and oxygen atoms in total. The van der Waals surface area contributed by atoms with E-state index in [0.717, 1.165) is 18.4 Å². The number of hydrogen-bond acceptors (Lipinski definition) is 4. The second-order valence-electron chi connectivity index (χ2n) is 4.97. The lowest BCUT2D eigenvalue weighted by molar-refractivity contribution is 0.0774. The number of nitrogens with one attached hydrogen (secondary N) is 1. The SMILES string of the molecule is Cc1cc(S(=O)(=O)NC2CCCOC2)ccc1C#CCO. The predicted octanol–water partition coefficient (Wildman–Crippen LogP) is 0.796. The summed E-state index contributed by atoms with van der Waals surface area (Å²) < 4.78 is 32.6. The lowest BCUT2D eigenvalue weighted by Crippen LogP contribution is -2.40. The highest BCUT2D eigenvalue weighted by molar-refractivity contribution is 7.89. The molecule has 21 heavy (non-hydrogen) atoms. The molecular weight excluding hydrogens is 290 g/mol. The largest absolute Gasteiger partial charge is 0.384 e. The van der Waals surface area contributed by atoms with E-state index in [9.17, 15) is 8.42 Å². The van der Waals surface area contributed by atoms with Crippen molar-refractivity contribution >= 4 is 10.0 Å². The highest BCUT2D eigenvalue weighted by Crippen LogP contribution is 2.16. The number of sulfonamides is 1. The number of rotatable bonds is 3. The van der Waals surface area contributed by atoms with Gasteiger partial charge in [-0.3, -0.25) is 0 Å². The molecular formula is C15H19NO4S. The molecule has 0 aromatic heterocycles. The van der Waals surface area contributed by atoms with Crippen molar-refractivity contribution in [3.05, 3.63) is 29.3 Å². The monoisotopic (exact) mass is 309 g/mol. The Balaban J connectivity index is 2.18. The van der Waals surface area contributed by atoms with Gasteiger partial charge in [-0.25, -0.2) is 13.1 Å². The molecule has 0 aliphatic carbocycles. The van der Waals surface area contributed by atoms with Crippen LogP contribution in [0.1, 0.15) is 24.0 Å². The van der Waals surface area contributed by atoms with Gasteiger partial charge in [-0.05, 0) is 43.5 Å². The fourth-order valence-corrected chi connectivity index (χ4v) is 3.54. The second kappa shape index (κ2) is 7.05. The van der Waals surface area contributed by atoms with Crippen molar-refractivity contribution in [2.75, 3.05) is 19.8 Å². The van der Waals surface area contributed by atoms with Gasteiger partial charge in [-0.2, -0.15) is 0 Å². The maximum Gasteiger partial charge on any atom is 0.240 e. The molecule has 1 saturated heterocycles. The second-order valence-corrected chi connectivity index (χ2v) is 6.69. The van der Waals surface area contributed by atoms with Gasteiger partial charge in [0.15, 0.2) is 0 Å². The summed E-state index contributed by atoms with van der Waals surface area (Å²) in [4.78, 5) is 0.222. The summed E-state index contributed by atoms with van der Waals surface area (Å²) >= 11 is 0. The number of hydrogen-bond donors (Lipinski definition) is 2. The first-order valence-electron chi connectivity index (χ1n) is 6.83. The number of aliphatic hydroxyl groups excluding tert-OH is 1. The Morgan fingerprint density at radius 1 is 1.48 bits per heavy atom. The molecule has 1 heterocycles.